The van der Waals surface area contributed by atoms with Gasteiger partial charge in [0.1, 0.15) is 6.04 Å². The molecular formula is C13H19N3O2. The highest BCUT2D eigenvalue weighted by Gasteiger charge is 2.31. The van der Waals surface area contributed by atoms with Crippen molar-refractivity contribution in [1.82, 2.24) is 4.98 Å². The molecule has 0 bridgehead atoms. The van der Waals surface area contributed by atoms with Gasteiger partial charge in [-0.2, -0.15) is 0 Å². The molecule has 1 fully saturated rings. The molecule has 1 aliphatic heterocycles. The van der Waals surface area contributed by atoms with Crippen molar-refractivity contribution in [3.63, 3.8) is 0 Å². The van der Waals surface area contributed by atoms with Crippen molar-refractivity contribution >= 4 is 17.5 Å². The van der Waals surface area contributed by atoms with Crippen LogP contribution in [0.3, 0.4) is 0 Å². The number of hydrogen-bond donors (Lipinski definition) is 1. The molecule has 0 radical (unpaired) electrons. The highest BCUT2D eigenvalue weighted by Crippen LogP contribution is 2.27. The average Bonchev–Trinajstić information content (AvgIpc) is 2.40. The Kier molecular flexibility index (Phi) is 4.02. The molecule has 0 aromatic carbocycles. The zero-order valence-electron chi connectivity index (χ0n) is 10.6. The predicted molar refractivity (Wildman–Crippen MR) is 70.3 cm³/mol. The van der Waals surface area contributed by atoms with Crippen LogP contribution in [0.25, 0.3) is 0 Å². The maximum atomic E-state index is 12.0. The fraction of sp³-hybridized carbons (Fsp3) is 0.538. The summed E-state index contributed by atoms with van der Waals surface area (Å²) >= 11 is 0. The molecular weight excluding hydrogens is 230 g/mol. The van der Waals surface area contributed by atoms with Gasteiger partial charge in [-0.25, -0.2) is 9.78 Å². The van der Waals surface area contributed by atoms with Gasteiger partial charge in [-0.1, -0.05) is 0 Å². The fourth-order valence-corrected chi connectivity index (χ4v) is 2.32. The van der Waals surface area contributed by atoms with E-state index in [1.54, 1.807) is 18.3 Å². The van der Waals surface area contributed by atoms with Gasteiger partial charge in [-0.3, -0.25) is 0 Å². The third kappa shape index (κ3) is 2.55. The van der Waals surface area contributed by atoms with Gasteiger partial charge in [0.25, 0.3) is 0 Å². The van der Waals surface area contributed by atoms with Gasteiger partial charge in [0.15, 0.2) is 5.82 Å². The first kappa shape index (κ1) is 12.7. The van der Waals surface area contributed by atoms with Gasteiger partial charge >= 0.3 is 5.97 Å². The average molecular weight is 249 g/mol. The van der Waals surface area contributed by atoms with Crippen LogP contribution in [0, 0.1) is 0 Å². The Hall–Kier alpha value is -1.78. The number of anilines is 2. The normalized spacial score (nSPS) is 19.6. The Morgan fingerprint density at radius 1 is 1.61 bits per heavy atom. The molecule has 0 aliphatic carbocycles. The van der Waals surface area contributed by atoms with E-state index in [2.05, 4.69) is 4.98 Å². The Labute approximate surface area is 107 Å². The van der Waals surface area contributed by atoms with E-state index in [1.807, 2.05) is 11.8 Å². The minimum atomic E-state index is -0.254. The summed E-state index contributed by atoms with van der Waals surface area (Å²) < 4.78 is 5.12. The fourth-order valence-electron chi connectivity index (χ4n) is 2.32. The summed E-state index contributed by atoms with van der Waals surface area (Å²) in [6.45, 7) is 3.02. The minimum absolute atomic E-state index is 0.178. The summed E-state index contributed by atoms with van der Waals surface area (Å²) in [5.74, 6) is 0.512. The summed E-state index contributed by atoms with van der Waals surface area (Å²) in [6.07, 6.45) is 4.58. The number of nitrogens with two attached hydrogens (primary N) is 1. The first-order chi connectivity index (χ1) is 8.74. The van der Waals surface area contributed by atoms with E-state index >= 15 is 0 Å². The van der Waals surface area contributed by atoms with Crippen LogP contribution in [0.5, 0.6) is 0 Å². The molecule has 2 N–H and O–H groups in total. The maximum absolute atomic E-state index is 12.0. The van der Waals surface area contributed by atoms with Gasteiger partial charge < -0.3 is 15.4 Å². The number of esters is 1. The quantitative estimate of drug-likeness (QED) is 0.824. The second-order valence-corrected chi connectivity index (χ2v) is 4.37. The van der Waals surface area contributed by atoms with E-state index in [1.165, 1.54) is 0 Å². The molecule has 1 aromatic rings. The number of nitrogen functional groups attached to an aromatic ring is 1. The topological polar surface area (TPSA) is 68.5 Å². The zero-order chi connectivity index (χ0) is 13.0. The van der Waals surface area contributed by atoms with Crippen molar-refractivity contribution in [3.8, 4) is 0 Å². The second-order valence-electron chi connectivity index (χ2n) is 4.37. The lowest BCUT2D eigenvalue weighted by molar-refractivity contribution is -0.145. The lowest BCUT2D eigenvalue weighted by Gasteiger charge is -2.35. The molecule has 18 heavy (non-hydrogen) atoms. The van der Waals surface area contributed by atoms with Gasteiger partial charge in [0.05, 0.1) is 12.3 Å². The zero-order valence-corrected chi connectivity index (χ0v) is 10.6. The summed E-state index contributed by atoms with van der Waals surface area (Å²) in [5, 5.41) is 0. The Morgan fingerprint density at radius 3 is 3.17 bits per heavy atom. The van der Waals surface area contributed by atoms with Crippen LogP contribution >= 0.6 is 0 Å². The molecule has 2 rings (SSSR count). The van der Waals surface area contributed by atoms with Crippen molar-refractivity contribution in [2.24, 2.45) is 0 Å². The third-order valence-corrected chi connectivity index (χ3v) is 3.15. The Balaban J connectivity index is 2.23. The number of nitrogens with zero attached hydrogens (tertiary/aromatic N) is 2. The monoisotopic (exact) mass is 249 g/mol. The van der Waals surface area contributed by atoms with Crippen LogP contribution in [-0.4, -0.2) is 30.1 Å². The Morgan fingerprint density at radius 2 is 2.44 bits per heavy atom. The van der Waals surface area contributed by atoms with Crippen LogP contribution in [0.4, 0.5) is 11.5 Å². The number of hydrogen-bond acceptors (Lipinski definition) is 5. The molecule has 5 nitrogen and oxygen atoms in total. The smallest absolute Gasteiger partial charge is 0.328 e. The molecule has 1 saturated heterocycles. The van der Waals surface area contributed by atoms with Gasteiger partial charge in [0.2, 0.25) is 0 Å². The van der Waals surface area contributed by atoms with Crippen molar-refractivity contribution < 1.29 is 9.53 Å². The maximum Gasteiger partial charge on any atom is 0.328 e. The molecule has 1 aliphatic rings. The van der Waals surface area contributed by atoms with Crippen LogP contribution in [0.1, 0.15) is 26.2 Å². The lowest BCUT2D eigenvalue weighted by atomic mass is 10.0. The van der Waals surface area contributed by atoms with E-state index < -0.39 is 0 Å². The predicted octanol–water partition coefficient (Wildman–Crippen LogP) is 1.59. The largest absolute Gasteiger partial charge is 0.464 e. The van der Waals surface area contributed by atoms with Crippen molar-refractivity contribution in [2.75, 3.05) is 23.8 Å². The van der Waals surface area contributed by atoms with Crippen molar-refractivity contribution in [2.45, 2.75) is 32.2 Å². The summed E-state index contributed by atoms with van der Waals surface area (Å²) in [6, 6.07) is 3.34. The number of rotatable bonds is 3. The molecule has 1 atom stereocenters. The lowest BCUT2D eigenvalue weighted by Crippen LogP contribution is -2.46. The van der Waals surface area contributed by atoms with E-state index in [-0.39, 0.29) is 12.0 Å². The van der Waals surface area contributed by atoms with Gasteiger partial charge in [-0.15, -0.1) is 0 Å². The van der Waals surface area contributed by atoms with E-state index in [9.17, 15) is 4.79 Å². The highest BCUT2D eigenvalue weighted by molar-refractivity contribution is 5.81. The van der Waals surface area contributed by atoms with Crippen molar-refractivity contribution in [1.29, 1.82) is 0 Å². The molecule has 0 amide bonds. The minimum Gasteiger partial charge on any atom is -0.464 e. The first-order valence-corrected chi connectivity index (χ1v) is 6.37. The SMILES string of the molecule is CCOC(=O)C1CCCCN1c1ncccc1N. The van der Waals surface area contributed by atoms with Crippen LogP contribution < -0.4 is 10.6 Å². The number of carbonyl (C=O) groups is 1. The number of piperidine rings is 1. The Bertz CT molecular complexity index is 422. The molecule has 0 saturated carbocycles. The molecule has 1 aromatic heterocycles. The second kappa shape index (κ2) is 5.71. The number of pyridine rings is 1. The molecule has 98 valence electrons. The number of aromatic nitrogens is 1. The number of carbonyl (C=O) groups excluding carboxylic acids is 1. The van der Waals surface area contributed by atoms with Crippen LogP contribution in [0.15, 0.2) is 18.3 Å². The first-order valence-electron chi connectivity index (χ1n) is 6.37. The molecule has 1 unspecified atom stereocenters. The molecule has 0 spiro atoms. The highest BCUT2D eigenvalue weighted by atomic mass is 16.5. The third-order valence-electron chi connectivity index (χ3n) is 3.15. The van der Waals surface area contributed by atoms with Gasteiger partial charge in [-0.05, 0) is 38.3 Å². The number of ether oxygens (including phenoxy) is 1. The summed E-state index contributed by atoms with van der Waals surface area (Å²) in [5.41, 5.74) is 6.54. The van der Waals surface area contributed by atoms with E-state index in [4.69, 9.17) is 10.5 Å². The van der Waals surface area contributed by atoms with Crippen LogP contribution in [-0.2, 0) is 9.53 Å². The van der Waals surface area contributed by atoms with Crippen LogP contribution in [0.2, 0.25) is 0 Å². The standard InChI is InChI=1S/C13H19N3O2/c1-2-18-13(17)11-7-3-4-9-16(11)12-10(14)6-5-8-15-12/h5-6,8,11H,2-4,7,9,14H2,1H3. The van der Waals surface area contributed by atoms with E-state index in [0.717, 1.165) is 25.8 Å². The van der Waals surface area contributed by atoms with E-state index in [0.29, 0.717) is 18.1 Å². The van der Waals surface area contributed by atoms with Gasteiger partial charge in [0, 0.05) is 12.7 Å². The summed E-state index contributed by atoms with van der Waals surface area (Å²) in [4.78, 5) is 18.2. The van der Waals surface area contributed by atoms with Crippen molar-refractivity contribution in [3.05, 3.63) is 18.3 Å². The molecule has 2 heterocycles. The summed E-state index contributed by atoms with van der Waals surface area (Å²) in [7, 11) is 0. The molecule has 5 heteroatoms.